The van der Waals surface area contributed by atoms with E-state index in [2.05, 4.69) is 55.6 Å². The van der Waals surface area contributed by atoms with Crippen LogP contribution in [-0.4, -0.2) is 87.5 Å². The van der Waals surface area contributed by atoms with Crippen LogP contribution in [0.5, 0.6) is 0 Å². The Labute approximate surface area is 342 Å². The lowest BCUT2D eigenvalue weighted by molar-refractivity contribution is -0.302. The number of carbonyl (C=O) groups excluding carboxylic acids is 1. The summed E-state index contributed by atoms with van der Waals surface area (Å²) >= 11 is 0. The lowest BCUT2D eigenvalue weighted by Crippen LogP contribution is -2.60. The number of hydrogen-bond donors (Lipinski definition) is 6. The fraction of sp³-hybridized carbons (Fsp3) is 0.851. The van der Waals surface area contributed by atoms with Crippen LogP contribution in [0, 0.1) is 0 Å². The highest BCUT2D eigenvalue weighted by Crippen LogP contribution is 2.23. The van der Waals surface area contributed by atoms with Gasteiger partial charge >= 0.3 is 0 Å². The second-order valence-electron chi connectivity index (χ2n) is 16.2. The molecular formula is C47H87NO8. The van der Waals surface area contributed by atoms with E-state index in [0.29, 0.717) is 12.8 Å². The molecule has 1 rings (SSSR count). The van der Waals surface area contributed by atoms with Crippen molar-refractivity contribution in [2.45, 2.75) is 243 Å². The number of carbonyl (C=O) groups is 1. The number of amides is 1. The van der Waals surface area contributed by atoms with Gasteiger partial charge in [-0.15, -0.1) is 0 Å². The number of nitrogens with one attached hydrogen (secondary N) is 1. The first-order chi connectivity index (χ1) is 27.3. The number of allylic oxidation sites excluding steroid dienone is 6. The standard InChI is InChI=1S/C47H87NO8/c1-3-5-7-9-11-13-15-16-17-18-19-20-21-22-23-24-25-26-27-29-31-33-35-37-43(51)48-40(39-55-47-46(54)45(53)44(52)42(38-49)56-47)41(50)36-34-32-30-28-14-12-10-8-6-4-2/h15-16,18-19,21-22,40-42,44-47,49-50,52-54H,3-14,17,20,23-39H2,1-2H3,(H,48,51)/b16-15-,19-18-,22-21-. The van der Waals surface area contributed by atoms with Gasteiger partial charge in [0.25, 0.3) is 0 Å². The predicted octanol–water partition coefficient (Wildman–Crippen LogP) is 9.67. The first-order valence-corrected chi connectivity index (χ1v) is 23.2. The minimum Gasteiger partial charge on any atom is -0.394 e. The van der Waals surface area contributed by atoms with Gasteiger partial charge in [0, 0.05) is 6.42 Å². The van der Waals surface area contributed by atoms with Gasteiger partial charge in [0.1, 0.15) is 24.4 Å². The molecule has 1 amide bonds. The Morgan fingerprint density at radius 3 is 1.55 bits per heavy atom. The van der Waals surface area contributed by atoms with E-state index in [-0.39, 0.29) is 12.5 Å². The summed E-state index contributed by atoms with van der Waals surface area (Å²) in [4.78, 5) is 12.9. The second kappa shape index (κ2) is 37.7. The molecule has 0 spiro atoms. The summed E-state index contributed by atoms with van der Waals surface area (Å²) in [5.41, 5.74) is 0. The average Bonchev–Trinajstić information content (AvgIpc) is 3.20. The number of ether oxygens (including phenoxy) is 2. The van der Waals surface area contributed by atoms with E-state index in [9.17, 15) is 30.3 Å². The minimum absolute atomic E-state index is 0.141. The van der Waals surface area contributed by atoms with Crippen LogP contribution in [0.3, 0.4) is 0 Å². The Hall–Kier alpha value is -1.59. The van der Waals surface area contributed by atoms with Crippen LogP contribution in [0.15, 0.2) is 36.5 Å². The van der Waals surface area contributed by atoms with E-state index in [1.54, 1.807) is 0 Å². The number of hydrogen-bond acceptors (Lipinski definition) is 8. The quantitative estimate of drug-likeness (QED) is 0.0268. The fourth-order valence-electron chi connectivity index (χ4n) is 7.23. The lowest BCUT2D eigenvalue weighted by atomic mass is 9.99. The maximum Gasteiger partial charge on any atom is 0.220 e. The van der Waals surface area contributed by atoms with Crippen LogP contribution >= 0.6 is 0 Å². The van der Waals surface area contributed by atoms with Crippen LogP contribution in [0.1, 0.15) is 200 Å². The number of aliphatic hydroxyl groups is 5. The van der Waals surface area contributed by atoms with Crippen LogP contribution in [0.4, 0.5) is 0 Å². The first-order valence-electron chi connectivity index (χ1n) is 23.2. The SMILES string of the molecule is CCCCCCC/C=C\C/C=C\C/C=C\CCCCCCCCCCC(=O)NC(COC1OC(CO)C(O)C(O)C1O)C(O)CCCCCCCCCCCC. The van der Waals surface area contributed by atoms with E-state index in [4.69, 9.17) is 9.47 Å². The van der Waals surface area contributed by atoms with Crippen molar-refractivity contribution in [3.05, 3.63) is 36.5 Å². The molecule has 7 atom stereocenters. The molecular weight excluding hydrogens is 707 g/mol. The summed E-state index contributed by atoms with van der Waals surface area (Å²) in [6, 6.07) is -0.721. The molecule has 1 aliphatic heterocycles. The van der Waals surface area contributed by atoms with Gasteiger partial charge in [0.15, 0.2) is 6.29 Å². The molecule has 7 unspecified atom stereocenters. The first kappa shape index (κ1) is 52.4. The molecule has 0 aromatic carbocycles. The molecule has 0 radical (unpaired) electrons. The van der Waals surface area contributed by atoms with Crippen LogP contribution in [-0.2, 0) is 14.3 Å². The van der Waals surface area contributed by atoms with Crippen molar-refractivity contribution in [1.82, 2.24) is 5.32 Å². The van der Waals surface area contributed by atoms with Gasteiger partial charge in [-0.1, -0.05) is 179 Å². The number of rotatable bonds is 38. The van der Waals surface area contributed by atoms with Gasteiger partial charge in [-0.25, -0.2) is 0 Å². The topological polar surface area (TPSA) is 149 Å². The Morgan fingerprint density at radius 2 is 1.05 bits per heavy atom. The van der Waals surface area contributed by atoms with Gasteiger partial charge in [0.05, 0.1) is 25.4 Å². The van der Waals surface area contributed by atoms with Gasteiger partial charge < -0.3 is 40.3 Å². The van der Waals surface area contributed by atoms with Crippen molar-refractivity contribution < 1.29 is 39.8 Å². The molecule has 1 fully saturated rings. The Balaban J connectivity index is 2.27. The largest absolute Gasteiger partial charge is 0.394 e. The molecule has 0 saturated carbocycles. The van der Waals surface area contributed by atoms with E-state index in [0.717, 1.165) is 57.8 Å². The van der Waals surface area contributed by atoms with E-state index in [1.165, 1.54) is 116 Å². The molecule has 6 N–H and O–H groups in total. The summed E-state index contributed by atoms with van der Waals surface area (Å²) in [7, 11) is 0. The second-order valence-corrected chi connectivity index (χ2v) is 16.2. The molecule has 0 aromatic rings. The Bertz CT molecular complexity index is 972. The fourth-order valence-corrected chi connectivity index (χ4v) is 7.23. The third-order valence-electron chi connectivity index (χ3n) is 11.0. The average molecular weight is 794 g/mol. The normalized spacial score (nSPS) is 21.4. The molecule has 1 aliphatic rings. The molecule has 1 heterocycles. The molecule has 0 aromatic heterocycles. The molecule has 9 heteroatoms. The zero-order valence-electron chi connectivity index (χ0n) is 35.9. The third kappa shape index (κ3) is 27.9. The van der Waals surface area contributed by atoms with Crippen LogP contribution < -0.4 is 5.32 Å². The van der Waals surface area contributed by atoms with E-state index < -0.39 is 49.5 Å². The summed E-state index contributed by atoms with van der Waals surface area (Å²) in [5.74, 6) is -0.154. The number of unbranched alkanes of at least 4 members (excludes halogenated alkanes) is 22. The summed E-state index contributed by atoms with van der Waals surface area (Å²) < 4.78 is 11.2. The van der Waals surface area contributed by atoms with Crippen molar-refractivity contribution >= 4 is 5.91 Å². The number of aliphatic hydroxyl groups excluding tert-OH is 5. The summed E-state index contributed by atoms with van der Waals surface area (Å²) in [5, 5.41) is 54.2. The zero-order chi connectivity index (χ0) is 40.9. The molecule has 9 nitrogen and oxygen atoms in total. The highest BCUT2D eigenvalue weighted by molar-refractivity contribution is 5.76. The van der Waals surface area contributed by atoms with Gasteiger partial charge in [0.2, 0.25) is 5.91 Å². The van der Waals surface area contributed by atoms with Gasteiger partial charge in [-0.05, 0) is 51.4 Å². The van der Waals surface area contributed by atoms with Crippen LogP contribution in [0.25, 0.3) is 0 Å². The maximum absolute atomic E-state index is 12.9. The third-order valence-corrected chi connectivity index (χ3v) is 11.0. The molecule has 56 heavy (non-hydrogen) atoms. The van der Waals surface area contributed by atoms with Crippen molar-refractivity contribution in [1.29, 1.82) is 0 Å². The lowest BCUT2D eigenvalue weighted by Gasteiger charge is -2.40. The van der Waals surface area contributed by atoms with Crippen molar-refractivity contribution in [3.8, 4) is 0 Å². The summed E-state index contributed by atoms with van der Waals surface area (Å²) in [6.07, 6.45) is 38.7. The predicted molar refractivity (Wildman–Crippen MR) is 230 cm³/mol. The van der Waals surface area contributed by atoms with E-state index in [1.807, 2.05) is 0 Å². The van der Waals surface area contributed by atoms with Crippen LogP contribution in [0.2, 0.25) is 0 Å². The molecule has 328 valence electrons. The summed E-state index contributed by atoms with van der Waals surface area (Å²) in [6.45, 7) is 3.79. The van der Waals surface area contributed by atoms with Crippen molar-refractivity contribution in [3.63, 3.8) is 0 Å². The smallest absolute Gasteiger partial charge is 0.220 e. The Morgan fingerprint density at radius 1 is 0.607 bits per heavy atom. The molecule has 1 saturated heterocycles. The van der Waals surface area contributed by atoms with Gasteiger partial charge in [-0.2, -0.15) is 0 Å². The highest BCUT2D eigenvalue weighted by Gasteiger charge is 2.44. The Kier molecular flexibility index (Phi) is 35.3. The maximum atomic E-state index is 12.9. The van der Waals surface area contributed by atoms with Crippen molar-refractivity contribution in [2.24, 2.45) is 0 Å². The minimum atomic E-state index is -1.55. The molecule has 0 bridgehead atoms. The van der Waals surface area contributed by atoms with Gasteiger partial charge in [-0.3, -0.25) is 4.79 Å². The van der Waals surface area contributed by atoms with E-state index >= 15 is 0 Å². The molecule has 0 aliphatic carbocycles. The highest BCUT2D eigenvalue weighted by atomic mass is 16.7. The monoisotopic (exact) mass is 794 g/mol. The van der Waals surface area contributed by atoms with Crippen molar-refractivity contribution in [2.75, 3.05) is 13.2 Å². The zero-order valence-corrected chi connectivity index (χ0v) is 35.9.